The summed E-state index contributed by atoms with van der Waals surface area (Å²) in [5.41, 5.74) is -0.499. The van der Waals surface area contributed by atoms with Crippen LogP contribution in [0.25, 0.3) is 0 Å². The minimum Gasteiger partial charge on any atom is -0.444 e. The Bertz CT molecular complexity index is 567. The third-order valence-electron chi connectivity index (χ3n) is 5.21. The first-order valence-corrected chi connectivity index (χ1v) is 10.4. The lowest BCUT2D eigenvalue weighted by atomic mass is 10.1. The highest BCUT2D eigenvalue weighted by Gasteiger charge is 2.32. The zero-order valence-corrected chi connectivity index (χ0v) is 18.1. The zero-order valence-electron chi connectivity index (χ0n) is 18.1. The summed E-state index contributed by atoms with van der Waals surface area (Å²) in [6.07, 6.45) is 5.04. The van der Waals surface area contributed by atoms with Gasteiger partial charge in [0.05, 0.1) is 0 Å². The van der Waals surface area contributed by atoms with Crippen molar-refractivity contribution >= 4 is 18.0 Å². The van der Waals surface area contributed by atoms with Gasteiger partial charge in [-0.1, -0.05) is 12.8 Å². The summed E-state index contributed by atoms with van der Waals surface area (Å²) in [6, 6.07) is 0.208. The van der Waals surface area contributed by atoms with Crippen LogP contribution in [-0.4, -0.2) is 79.7 Å². The fourth-order valence-corrected chi connectivity index (χ4v) is 3.67. The van der Waals surface area contributed by atoms with E-state index >= 15 is 0 Å². The molecule has 1 saturated carbocycles. The Morgan fingerprint density at radius 2 is 1.89 bits per heavy atom. The predicted octanol–water partition coefficient (Wildman–Crippen LogP) is 1.81. The molecule has 160 valence electrons. The van der Waals surface area contributed by atoms with E-state index in [2.05, 4.69) is 15.6 Å². The fraction of sp³-hybridized carbons (Fsp3) is 0.850. The van der Waals surface area contributed by atoms with Gasteiger partial charge in [-0.15, -0.1) is 0 Å². The van der Waals surface area contributed by atoms with E-state index in [4.69, 9.17) is 4.74 Å². The molecule has 1 unspecified atom stereocenters. The first-order valence-electron chi connectivity index (χ1n) is 10.4. The number of likely N-dealkylation sites (tertiary alicyclic amines) is 1. The number of carbonyl (C=O) groups is 2. The number of likely N-dealkylation sites (N-methyl/N-ethyl adjacent to an activating group) is 1. The molecule has 1 aliphatic heterocycles. The van der Waals surface area contributed by atoms with Gasteiger partial charge in [-0.3, -0.25) is 9.79 Å². The maximum atomic E-state index is 12.6. The fourth-order valence-electron chi connectivity index (χ4n) is 3.67. The van der Waals surface area contributed by atoms with E-state index in [0.29, 0.717) is 25.0 Å². The highest BCUT2D eigenvalue weighted by atomic mass is 16.6. The monoisotopic (exact) mass is 395 g/mol. The van der Waals surface area contributed by atoms with Crippen LogP contribution >= 0.6 is 0 Å². The number of aliphatic imine (C=N–C) groups is 1. The highest BCUT2D eigenvalue weighted by molar-refractivity contribution is 5.81. The average molecular weight is 396 g/mol. The summed E-state index contributed by atoms with van der Waals surface area (Å²) in [5.74, 6) is 1.25. The maximum absolute atomic E-state index is 12.6. The molecule has 0 bridgehead atoms. The van der Waals surface area contributed by atoms with Gasteiger partial charge < -0.3 is 25.2 Å². The normalized spacial score (nSPS) is 21.0. The second kappa shape index (κ2) is 9.98. The van der Waals surface area contributed by atoms with Crippen molar-refractivity contribution in [2.75, 3.05) is 40.3 Å². The summed E-state index contributed by atoms with van der Waals surface area (Å²) >= 11 is 0. The third-order valence-corrected chi connectivity index (χ3v) is 5.21. The molecule has 2 aliphatic rings. The number of amides is 2. The van der Waals surface area contributed by atoms with Gasteiger partial charge in [0.25, 0.3) is 0 Å². The van der Waals surface area contributed by atoms with Gasteiger partial charge in [0, 0.05) is 52.2 Å². The zero-order chi connectivity index (χ0) is 20.7. The number of hydrogen-bond acceptors (Lipinski definition) is 4. The van der Waals surface area contributed by atoms with Gasteiger partial charge >= 0.3 is 6.09 Å². The van der Waals surface area contributed by atoms with Crippen molar-refractivity contribution in [1.82, 2.24) is 20.4 Å². The minimum atomic E-state index is -0.499. The molecule has 8 heteroatoms. The minimum absolute atomic E-state index is 0.208. The lowest BCUT2D eigenvalue weighted by molar-refractivity contribution is -0.134. The summed E-state index contributed by atoms with van der Waals surface area (Å²) in [4.78, 5) is 32.3. The molecule has 2 N–H and O–H groups in total. The molecule has 1 saturated heterocycles. The van der Waals surface area contributed by atoms with Crippen LogP contribution in [0.4, 0.5) is 4.79 Å². The van der Waals surface area contributed by atoms with Crippen molar-refractivity contribution in [3.05, 3.63) is 0 Å². The van der Waals surface area contributed by atoms with E-state index in [-0.39, 0.29) is 18.1 Å². The van der Waals surface area contributed by atoms with Crippen molar-refractivity contribution in [3.8, 4) is 0 Å². The average Bonchev–Trinajstić information content (AvgIpc) is 3.30. The summed E-state index contributed by atoms with van der Waals surface area (Å²) in [7, 11) is 3.44. The van der Waals surface area contributed by atoms with Crippen LogP contribution in [0, 0.1) is 5.92 Å². The number of nitrogens with one attached hydrogen (secondary N) is 2. The van der Waals surface area contributed by atoms with Crippen LogP contribution in [-0.2, 0) is 9.53 Å². The van der Waals surface area contributed by atoms with Gasteiger partial charge in [0.15, 0.2) is 5.96 Å². The van der Waals surface area contributed by atoms with Crippen LogP contribution in [0.1, 0.15) is 52.9 Å². The predicted molar refractivity (Wildman–Crippen MR) is 110 cm³/mol. The van der Waals surface area contributed by atoms with Gasteiger partial charge in [0.1, 0.15) is 5.60 Å². The molecule has 0 spiro atoms. The Balaban J connectivity index is 1.70. The molecule has 8 nitrogen and oxygen atoms in total. The van der Waals surface area contributed by atoms with Crippen molar-refractivity contribution < 1.29 is 14.3 Å². The van der Waals surface area contributed by atoms with Gasteiger partial charge in [-0.2, -0.15) is 0 Å². The molecule has 1 atom stereocenters. The first-order chi connectivity index (χ1) is 13.2. The lowest BCUT2D eigenvalue weighted by Gasteiger charge is -2.25. The molecule has 0 aromatic carbocycles. The number of rotatable bonds is 5. The second-order valence-electron chi connectivity index (χ2n) is 8.80. The van der Waals surface area contributed by atoms with Crippen molar-refractivity contribution in [3.63, 3.8) is 0 Å². The number of nitrogens with zero attached hydrogens (tertiary/aromatic N) is 3. The molecule has 28 heavy (non-hydrogen) atoms. The Kier molecular flexibility index (Phi) is 7.95. The first kappa shape index (κ1) is 22.3. The Morgan fingerprint density at radius 1 is 1.21 bits per heavy atom. The number of carbonyl (C=O) groups excluding carboxylic acids is 2. The van der Waals surface area contributed by atoms with E-state index in [0.717, 1.165) is 32.4 Å². The molecule has 1 heterocycles. The van der Waals surface area contributed by atoms with E-state index in [1.807, 2.05) is 25.7 Å². The van der Waals surface area contributed by atoms with Crippen molar-refractivity contribution in [2.24, 2.45) is 10.9 Å². The highest BCUT2D eigenvalue weighted by Crippen LogP contribution is 2.27. The van der Waals surface area contributed by atoms with E-state index in [1.165, 1.54) is 12.8 Å². The third kappa shape index (κ3) is 6.87. The number of guanidine groups is 1. The molecule has 0 aromatic rings. The van der Waals surface area contributed by atoms with Crippen molar-refractivity contribution in [1.29, 1.82) is 0 Å². The Hall–Kier alpha value is -1.99. The summed E-state index contributed by atoms with van der Waals surface area (Å²) in [5, 5.41) is 6.62. The van der Waals surface area contributed by atoms with E-state index < -0.39 is 5.60 Å². The van der Waals surface area contributed by atoms with Gasteiger partial charge in [0.2, 0.25) is 5.91 Å². The molecule has 1 aliphatic carbocycles. The largest absolute Gasteiger partial charge is 0.444 e. The molecule has 2 rings (SSSR count). The molecule has 0 radical (unpaired) electrons. The molecular weight excluding hydrogens is 358 g/mol. The lowest BCUT2D eigenvalue weighted by Crippen LogP contribution is -2.47. The second-order valence-corrected chi connectivity index (χ2v) is 8.80. The van der Waals surface area contributed by atoms with Gasteiger partial charge in [-0.05, 0) is 40.0 Å². The number of ether oxygens (including phenoxy) is 1. The topological polar surface area (TPSA) is 86.3 Å². The smallest absolute Gasteiger partial charge is 0.410 e. The SMILES string of the molecule is CN=C(NCCN(C)C(=O)OC(C)(C)C)NC1CCN(C(=O)C2CCCC2)C1. The number of hydrogen-bond donors (Lipinski definition) is 2. The maximum Gasteiger partial charge on any atom is 0.410 e. The van der Waals surface area contributed by atoms with Crippen LogP contribution in [0.5, 0.6) is 0 Å². The standard InChI is InChI=1S/C20H37N5O3/c1-20(2,3)28-19(27)24(5)13-11-22-18(21-4)23-16-10-12-25(14-16)17(26)15-8-6-7-9-15/h15-16H,6-14H2,1-5H3,(H2,21,22,23). The summed E-state index contributed by atoms with van der Waals surface area (Å²) in [6.45, 7) is 8.17. The summed E-state index contributed by atoms with van der Waals surface area (Å²) < 4.78 is 5.34. The molecule has 2 amide bonds. The molecule has 2 fully saturated rings. The van der Waals surface area contributed by atoms with E-state index in [9.17, 15) is 9.59 Å². The van der Waals surface area contributed by atoms with Crippen molar-refractivity contribution in [2.45, 2.75) is 64.5 Å². The van der Waals surface area contributed by atoms with Crippen LogP contribution in [0.15, 0.2) is 4.99 Å². The Labute approximate surface area is 169 Å². The van der Waals surface area contributed by atoms with E-state index in [1.54, 1.807) is 19.0 Å². The Morgan fingerprint density at radius 3 is 2.50 bits per heavy atom. The molecule has 0 aromatic heterocycles. The van der Waals surface area contributed by atoms with Crippen LogP contribution in [0.2, 0.25) is 0 Å². The molecular formula is C20H37N5O3. The quantitative estimate of drug-likeness (QED) is 0.548. The van der Waals surface area contributed by atoms with Gasteiger partial charge in [-0.25, -0.2) is 4.79 Å². The van der Waals surface area contributed by atoms with Crippen LogP contribution in [0.3, 0.4) is 0 Å². The van der Waals surface area contributed by atoms with Crippen LogP contribution < -0.4 is 10.6 Å².